The highest BCUT2D eigenvalue weighted by Crippen LogP contribution is 2.40. The molecule has 1 unspecified atom stereocenters. The number of hydrogen-bond donors (Lipinski definition) is 3. The lowest BCUT2D eigenvalue weighted by molar-refractivity contribution is -0.137. The number of benzene rings is 1. The molecular weight excluding hydrogens is 330 g/mol. The predicted octanol–water partition coefficient (Wildman–Crippen LogP) is 3.56. The van der Waals surface area contributed by atoms with Crippen LogP contribution < -0.4 is 10.6 Å². The zero-order valence-corrected chi connectivity index (χ0v) is 14.5. The zero-order chi connectivity index (χ0) is 18.4. The first kappa shape index (κ1) is 17.9. The van der Waals surface area contributed by atoms with Gasteiger partial charge in [0.25, 0.3) is 0 Å². The van der Waals surface area contributed by atoms with Gasteiger partial charge in [-0.1, -0.05) is 30.3 Å². The molecule has 1 aromatic carbocycles. The number of carboxylic acids is 1. The molecule has 136 valence electrons. The molecular formula is C20H23N3O3. The summed E-state index contributed by atoms with van der Waals surface area (Å²) in [6.45, 7) is 0. The van der Waals surface area contributed by atoms with Gasteiger partial charge in [0.05, 0.1) is 0 Å². The summed E-state index contributed by atoms with van der Waals surface area (Å²) in [7, 11) is 0. The van der Waals surface area contributed by atoms with E-state index in [1.54, 1.807) is 6.20 Å². The molecule has 1 atom stereocenters. The van der Waals surface area contributed by atoms with Crippen LogP contribution in [0.1, 0.15) is 42.7 Å². The fourth-order valence-corrected chi connectivity index (χ4v) is 2.95. The van der Waals surface area contributed by atoms with Gasteiger partial charge in [0.15, 0.2) is 0 Å². The Morgan fingerprint density at radius 2 is 1.96 bits per heavy atom. The summed E-state index contributed by atoms with van der Waals surface area (Å²) in [4.78, 5) is 27.4. The SMILES string of the molecule is O=C(O)CCC(Cc1ccccc1)NC(=O)Nc1cc(C2CC2)ccn1. The van der Waals surface area contributed by atoms with Crippen LogP contribution in [0.15, 0.2) is 48.7 Å². The summed E-state index contributed by atoms with van der Waals surface area (Å²) in [5, 5.41) is 14.6. The van der Waals surface area contributed by atoms with E-state index in [1.165, 1.54) is 18.4 Å². The van der Waals surface area contributed by atoms with Crippen LogP contribution in [-0.4, -0.2) is 28.1 Å². The van der Waals surface area contributed by atoms with Gasteiger partial charge in [-0.2, -0.15) is 0 Å². The van der Waals surface area contributed by atoms with E-state index in [-0.39, 0.29) is 18.5 Å². The highest BCUT2D eigenvalue weighted by Gasteiger charge is 2.24. The van der Waals surface area contributed by atoms with Crippen LogP contribution >= 0.6 is 0 Å². The minimum atomic E-state index is -0.871. The molecule has 1 aliphatic carbocycles. The molecule has 3 N–H and O–H groups in total. The molecule has 1 fully saturated rings. The lowest BCUT2D eigenvalue weighted by Crippen LogP contribution is -2.39. The number of carbonyl (C=O) groups is 2. The molecule has 26 heavy (non-hydrogen) atoms. The number of urea groups is 1. The Hall–Kier alpha value is -2.89. The van der Waals surface area contributed by atoms with E-state index in [4.69, 9.17) is 5.11 Å². The molecule has 1 aliphatic rings. The van der Waals surface area contributed by atoms with Crippen molar-refractivity contribution in [3.05, 3.63) is 59.8 Å². The molecule has 0 bridgehead atoms. The number of anilines is 1. The summed E-state index contributed by atoms with van der Waals surface area (Å²) in [5.41, 5.74) is 2.25. The van der Waals surface area contributed by atoms with Gasteiger partial charge in [-0.05, 0) is 54.9 Å². The molecule has 1 saturated carbocycles. The van der Waals surface area contributed by atoms with E-state index in [9.17, 15) is 9.59 Å². The quantitative estimate of drug-likeness (QED) is 0.677. The van der Waals surface area contributed by atoms with Gasteiger partial charge in [-0.3, -0.25) is 10.1 Å². The minimum absolute atomic E-state index is 0.00714. The first-order valence-corrected chi connectivity index (χ1v) is 8.89. The molecule has 6 nitrogen and oxygen atoms in total. The van der Waals surface area contributed by atoms with Crippen LogP contribution in [0.2, 0.25) is 0 Å². The number of rotatable bonds is 8. The normalized spacial score (nSPS) is 14.5. The van der Waals surface area contributed by atoms with Gasteiger partial charge in [0.1, 0.15) is 5.82 Å². The second kappa shape index (κ2) is 8.47. The Bertz CT molecular complexity index is 760. The van der Waals surface area contributed by atoms with Gasteiger partial charge in [-0.25, -0.2) is 9.78 Å². The van der Waals surface area contributed by atoms with Crippen molar-refractivity contribution in [2.75, 3.05) is 5.32 Å². The average molecular weight is 353 g/mol. The van der Waals surface area contributed by atoms with E-state index in [1.807, 2.05) is 42.5 Å². The number of nitrogens with zero attached hydrogens (tertiary/aromatic N) is 1. The van der Waals surface area contributed by atoms with Gasteiger partial charge in [0.2, 0.25) is 0 Å². The second-order valence-electron chi connectivity index (χ2n) is 6.67. The summed E-state index contributed by atoms with van der Waals surface area (Å²) in [5.74, 6) is 0.232. The van der Waals surface area contributed by atoms with Crippen molar-refractivity contribution in [1.82, 2.24) is 10.3 Å². The largest absolute Gasteiger partial charge is 0.481 e. The van der Waals surface area contributed by atoms with Crippen molar-refractivity contribution in [3.8, 4) is 0 Å². The first-order chi connectivity index (χ1) is 12.6. The molecule has 0 saturated heterocycles. The zero-order valence-electron chi connectivity index (χ0n) is 14.5. The van der Waals surface area contributed by atoms with Crippen LogP contribution in [0.4, 0.5) is 10.6 Å². The maximum absolute atomic E-state index is 12.3. The third-order valence-corrected chi connectivity index (χ3v) is 4.44. The summed E-state index contributed by atoms with van der Waals surface area (Å²) in [6, 6.07) is 13.0. The number of hydrogen-bond acceptors (Lipinski definition) is 3. The van der Waals surface area contributed by atoms with Crippen molar-refractivity contribution in [2.24, 2.45) is 0 Å². The second-order valence-corrected chi connectivity index (χ2v) is 6.67. The average Bonchev–Trinajstić information content (AvgIpc) is 3.46. The van der Waals surface area contributed by atoms with E-state index >= 15 is 0 Å². The number of carboxylic acid groups (broad SMARTS) is 1. The third-order valence-electron chi connectivity index (χ3n) is 4.44. The maximum Gasteiger partial charge on any atom is 0.320 e. The molecule has 0 radical (unpaired) electrons. The Kier molecular flexibility index (Phi) is 5.84. The van der Waals surface area contributed by atoms with Crippen molar-refractivity contribution >= 4 is 17.8 Å². The van der Waals surface area contributed by atoms with E-state index in [0.717, 1.165) is 5.56 Å². The Morgan fingerprint density at radius 3 is 2.65 bits per heavy atom. The van der Waals surface area contributed by atoms with E-state index < -0.39 is 5.97 Å². The van der Waals surface area contributed by atoms with Crippen LogP contribution in [0.25, 0.3) is 0 Å². The monoisotopic (exact) mass is 353 g/mol. The topological polar surface area (TPSA) is 91.3 Å². The first-order valence-electron chi connectivity index (χ1n) is 8.89. The molecule has 2 amide bonds. The lowest BCUT2D eigenvalue weighted by atomic mass is 10.0. The van der Waals surface area contributed by atoms with Crippen LogP contribution in [0.3, 0.4) is 0 Å². The summed E-state index contributed by atoms with van der Waals surface area (Å²) < 4.78 is 0. The standard InChI is InChI=1S/C20H23N3O3/c24-19(25)9-8-17(12-14-4-2-1-3-5-14)22-20(26)23-18-13-16(10-11-21-18)15-6-7-15/h1-5,10-11,13,15,17H,6-9,12H2,(H,24,25)(H2,21,22,23,26). The van der Waals surface area contributed by atoms with Crippen LogP contribution in [0, 0.1) is 0 Å². The predicted molar refractivity (Wildman–Crippen MR) is 99.2 cm³/mol. The van der Waals surface area contributed by atoms with Gasteiger partial charge < -0.3 is 10.4 Å². The fraction of sp³-hybridized carbons (Fsp3) is 0.350. The number of aliphatic carboxylic acids is 1. The Labute approximate surface area is 152 Å². The van der Waals surface area contributed by atoms with Gasteiger partial charge in [-0.15, -0.1) is 0 Å². The minimum Gasteiger partial charge on any atom is -0.481 e. The highest BCUT2D eigenvalue weighted by molar-refractivity contribution is 5.88. The molecule has 0 spiro atoms. The third kappa shape index (κ3) is 5.58. The molecule has 0 aliphatic heterocycles. The number of carbonyl (C=O) groups excluding carboxylic acids is 1. The van der Waals surface area contributed by atoms with Crippen LogP contribution in [-0.2, 0) is 11.2 Å². The maximum atomic E-state index is 12.3. The highest BCUT2D eigenvalue weighted by atomic mass is 16.4. The number of aromatic nitrogens is 1. The molecule has 6 heteroatoms. The van der Waals surface area contributed by atoms with Crippen molar-refractivity contribution in [1.29, 1.82) is 0 Å². The number of pyridine rings is 1. The van der Waals surface area contributed by atoms with Gasteiger partial charge in [0, 0.05) is 18.7 Å². The number of nitrogens with one attached hydrogen (secondary N) is 2. The molecule has 1 heterocycles. The number of amides is 2. The van der Waals surface area contributed by atoms with Crippen molar-refractivity contribution < 1.29 is 14.7 Å². The molecule has 1 aromatic heterocycles. The lowest BCUT2D eigenvalue weighted by Gasteiger charge is -2.18. The smallest absolute Gasteiger partial charge is 0.320 e. The van der Waals surface area contributed by atoms with Gasteiger partial charge >= 0.3 is 12.0 Å². The Balaban J connectivity index is 1.60. The van der Waals surface area contributed by atoms with Crippen molar-refractivity contribution in [2.45, 2.75) is 44.1 Å². The molecule has 2 aromatic rings. The Morgan fingerprint density at radius 1 is 1.19 bits per heavy atom. The van der Waals surface area contributed by atoms with E-state index in [0.29, 0.717) is 24.6 Å². The fourth-order valence-electron chi connectivity index (χ4n) is 2.95. The summed E-state index contributed by atoms with van der Waals surface area (Å²) in [6.07, 6.45) is 5.03. The summed E-state index contributed by atoms with van der Waals surface area (Å²) >= 11 is 0. The van der Waals surface area contributed by atoms with Crippen molar-refractivity contribution in [3.63, 3.8) is 0 Å². The van der Waals surface area contributed by atoms with Crippen LogP contribution in [0.5, 0.6) is 0 Å². The van der Waals surface area contributed by atoms with E-state index in [2.05, 4.69) is 15.6 Å². The molecule has 3 rings (SSSR count).